The number of nitrogens with zero attached hydrogens (tertiary/aromatic N) is 2. The molecular weight excluding hydrogens is 258 g/mol. The van der Waals surface area contributed by atoms with Crippen LogP contribution in [0.5, 0.6) is 0 Å². The van der Waals surface area contributed by atoms with Crippen LogP contribution in [0.15, 0.2) is 12.4 Å². The van der Waals surface area contributed by atoms with E-state index in [1.807, 2.05) is 20.8 Å². The highest BCUT2D eigenvalue weighted by Crippen LogP contribution is 2.02. The lowest BCUT2D eigenvalue weighted by atomic mass is 10.1. The van der Waals surface area contributed by atoms with E-state index in [2.05, 4.69) is 25.9 Å². The van der Waals surface area contributed by atoms with Crippen molar-refractivity contribution in [1.82, 2.24) is 20.6 Å². The lowest BCUT2D eigenvalue weighted by Crippen LogP contribution is -2.50. The highest BCUT2D eigenvalue weighted by molar-refractivity contribution is 5.95. The molecule has 0 aliphatic heterocycles. The van der Waals surface area contributed by atoms with Gasteiger partial charge in [0.2, 0.25) is 5.91 Å². The second kappa shape index (κ2) is 6.31. The van der Waals surface area contributed by atoms with Crippen LogP contribution >= 0.6 is 0 Å². The van der Waals surface area contributed by atoms with E-state index in [9.17, 15) is 9.59 Å². The molecule has 1 atom stereocenters. The van der Waals surface area contributed by atoms with Crippen molar-refractivity contribution in [2.24, 2.45) is 0 Å². The molecule has 0 bridgehead atoms. The van der Waals surface area contributed by atoms with E-state index in [4.69, 9.17) is 0 Å². The van der Waals surface area contributed by atoms with Crippen molar-refractivity contribution in [3.05, 3.63) is 18.1 Å². The van der Waals surface area contributed by atoms with E-state index in [1.54, 1.807) is 14.0 Å². The molecule has 3 N–H and O–H groups in total. The Morgan fingerprint density at radius 1 is 1.20 bits per heavy atom. The van der Waals surface area contributed by atoms with Crippen LogP contribution in [0, 0.1) is 0 Å². The average molecular weight is 279 g/mol. The first-order chi connectivity index (χ1) is 9.23. The summed E-state index contributed by atoms with van der Waals surface area (Å²) in [5, 5.41) is 8.18. The van der Waals surface area contributed by atoms with E-state index in [1.165, 1.54) is 12.4 Å². The minimum Gasteiger partial charge on any atom is -0.372 e. The van der Waals surface area contributed by atoms with Crippen LogP contribution < -0.4 is 16.0 Å². The topological polar surface area (TPSA) is 96.0 Å². The normalized spacial score (nSPS) is 12.4. The van der Waals surface area contributed by atoms with Gasteiger partial charge in [-0.3, -0.25) is 9.59 Å². The smallest absolute Gasteiger partial charge is 0.272 e. The van der Waals surface area contributed by atoms with Gasteiger partial charge in [-0.15, -0.1) is 0 Å². The van der Waals surface area contributed by atoms with Crippen molar-refractivity contribution in [1.29, 1.82) is 0 Å². The van der Waals surface area contributed by atoms with Gasteiger partial charge in [0.15, 0.2) is 0 Å². The molecule has 7 heteroatoms. The molecule has 7 nitrogen and oxygen atoms in total. The molecule has 0 spiro atoms. The van der Waals surface area contributed by atoms with Gasteiger partial charge in [-0.2, -0.15) is 0 Å². The van der Waals surface area contributed by atoms with Crippen molar-refractivity contribution in [3.63, 3.8) is 0 Å². The van der Waals surface area contributed by atoms with Crippen LogP contribution in [-0.4, -0.2) is 40.4 Å². The zero-order valence-electron chi connectivity index (χ0n) is 12.4. The average Bonchev–Trinajstić information content (AvgIpc) is 2.36. The van der Waals surface area contributed by atoms with Crippen LogP contribution in [0.1, 0.15) is 38.2 Å². The van der Waals surface area contributed by atoms with Gasteiger partial charge < -0.3 is 16.0 Å². The van der Waals surface area contributed by atoms with Crippen LogP contribution in [0.4, 0.5) is 5.82 Å². The number of aromatic nitrogens is 2. The lowest BCUT2D eigenvalue weighted by Gasteiger charge is -2.23. The molecule has 1 unspecified atom stereocenters. The molecule has 0 radical (unpaired) electrons. The number of hydrogen-bond donors (Lipinski definition) is 3. The second-order valence-corrected chi connectivity index (χ2v) is 5.47. The Balaban J connectivity index is 2.62. The fraction of sp³-hybridized carbons (Fsp3) is 0.538. The van der Waals surface area contributed by atoms with Gasteiger partial charge in [0.05, 0.1) is 12.4 Å². The van der Waals surface area contributed by atoms with Crippen LogP contribution in [0.25, 0.3) is 0 Å². The summed E-state index contributed by atoms with van der Waals surface area (Å²) in [7, 11) is 1.71. The van der Waals surface area contributed by atoms with Crippen molar-refractivity contribution in [3.8, 4) is 0 Å². The summed E-state index contributed by atoms with van der Waals surface area (Å²) in [5.74, 6) is -0.109. The van der Waals surface area contributed by atoms with Crippen molar-refractivity contribution < 1.29 is 9.59 Å². The monoisotopic (exact) mass is 279 g/mol. The molecule has 1 rings (SSSR count). The van der Waals surface area contributed by atoms with Crippen molar-refractivity contribution >= 4 is 17.6 Å². The minimum atomic E-state index is -0.646. The number of hydrogen-bond acceptors (Lipinski definition) is 5. The molecule has 0 saturated heterocycles. The van der Waals surface area contributed by atoms with Gasteiger partial charge in [-0.05, 0) is 27.7 Å². The number of amides is 2. The fourth-order valence-corrected chi connectivity index (χ4v) is 1.39. The predicted octanol–water partition coefficient (Wildman–Crippen LogP) is 0.551. The zero-order chi connectivity index (χ0) is 15.3. The summed E-state index contributed by atoms with van der Waals surface area (Å²) in [5.41, 5.74) is -0.177. The Labute approximate surface area is 118 Å². The van der Waals surface area contributed by atoms with Gasteiger partial charge in [0.25, 0.3) is 5.91 Å². The van der Waals surface area contributed by atoms with Gasteiger partial charge in [0.1, 0.15) is 17.6 Å². The highest BCUT2D eigenvalue weighted by atomic mass is 16.2. The van der Waals surface area contributed by atoms with Gasteiger partial charge >= 0.3 is 0 Å². The van der Waals surface area contributed by atoms with Gasteiger partial charge in [0, 0.05) is 12.6 Å². The van der Waals surface area contributed by atoms with E-state index in [0.29, 0.717) is 5.82 Å². The third-order valence-electron chi connectivity index (χ3n) is 2.38. The van der Waals surface area contributed by atoms with E-state index in [-0.39, 0.29) is 17.1 Å². The van der Waals surface area contributed by atoms with Crippen LogP contribution in [0.2, 0.25) is 0 Å². The molecule has 1 aromatic heterocycles. The first kappa shape index (κ1) is 15.9. The Kier molecular flexibility index (Phi) is 5.01. The minimum absolute atomic E-state index is 0.166. The quantitative estimate of drug-likeness (QED) is 0.748. The molecule has 0 aliphatic carbocycles. The first-order valence-electron chi connectivity index (χ1n) is 6.35. The Morgan fingerprint density at radius 2 is 1.85 bits per heavy atom. The van der Waals surface area contributed by atoms with Crippen molar-refractivity contribution in [2.45, 2.75) is 39.3 Å². The maximum atomic E-state index is 11.9. The third-order valence-corrected chi connectivity index (χ3v) is 2.38. The Bertz CT molecular complexity index is 479. The fourth-order valence-electron chi connectivity index (χ4n) is 1.39. The summed E-state index contributed by atoms with van der Waals surface area (Å²) < 4.78 is 0. The molecule has 0 aromatic carbocycles. The van der Waals surface area contributed by atoms with Gasteiger partial charge in [-0.25, -0.2) is 9.97 Å². The van der Waals surface area contributed by atoms with E-state index in [0.717, 1.165) is 0 Å². The largest absolute Gasteiger partial charge is 0.372 e. The molecule has 1 heterocycles. The maximum absolute atomic E-state index is 11.9. The summed E-state index contributed by atoms with van der Waals surface area (Å²) in [6.45, 7) is 7.25. The molecular formula is C13H21N5O2. The molecule has 0 fully saturated rings. The lowest BCUT2D eigenvalue weighted by molar-refractivity contribution is -0.124. The number of carbonyl (C=O) groups is 2. The zero-order valence-corrected chi connectivity index (χ0v) is 12.4. The molecule has 110 valence electrons. The second-order valence-electron chi connectivity index (χ2n) is 5.47. The maximum Gasteiger partial charge on any atom is 0.272 e. The van der Waals surface area contributed by atoms with Crippen LogP contribution in [-0.2, 0) is 4.79 Å². The summed E-state index contributed by atoms with van der Waals surface area (Å²) in [4.78, 5) is 31.7. The predicted molar refractivity (Wildman–Crippen MR) is 76.4 cm³/mol. The third kappa shape index (κ3) is 4.83. The van der Waals surface area contributed by atoms with Gasteiger partial charge in [-0.1, -0.05) is 0 Å². The SMILES string of the molecule is CNc1cnc(C(=O)NC(C)C(=O)NC(C)(C)C)cn1. The van der Waals surface area contributed by atoms with Crippen molar-refractivity contribution in [2.75, 3.05) is 12.4 Å². The highest BCUT2D eigenvalue weighted by Gasteiger charge is 2.21. The molecule has 0 saturated carbocycles. The molecule has 20 heavy (non-hydrogen) atoms. The van der Waals surface area contributed by atoms with Crippen LogP contribution in [0.3, 0.4) is 0 Å². The number of carbonyl (C=O) groups excluding carboxylic acids is 2. The Hall–Kier alpha value is -2.18. The number of rotatable bonds is 4. The van der Waals surface area contributed by atoms with E-state index >= 15 is 0 Å². The number of anilines is 1. The summed E-state index contributed by atoms with van der Waals surface area (Å²) >= 11 is 0. The summed E-state index contributed by atoms with van der Waals surface area (Å²) in [6.07, 6.45) is 2.81. The first-order valence-corrected chi connectivity index (χ1v) is 6.35. The number of nitrogens with one attached hydrogen (secondary N) is 3. The van der Waals surface area contributed by atoms with E-state index < -0.39 is 11.9 Å². The standard InChI is InChI=1S/C13H21N5O2/c1-8(11(19)18-13(2,3)4)17-12(20)9-6-16-10(14-5)7-15-9/h6-8H,1-5H3,(H,14,16)(H,17,20)(H,18,19). The Morgan fingerprint density at radius 3 is 2.30 bits per heavy atom. The molecule has 1 aromatic rings. The molecule has 0 aliphatic rings. The molecule has 2 amide bonds. The summed E-state index contributed by atoms with van der Waals surface area (Å²) in [6, 6.07) is -0.646.